The minimum absolute atomic E-state index is 0.113. The van der Waals surface area contributed by atoms with Gasteiger partial charge in [-0.1, -0.05) is 31.5 Å². The summed E-state index contributed by atoms with van der Waals surface area (Å²) in [4.78, 5) is 42.2. The van der Waals surface area contributed by atoms with Crippen LogP contribution in [0.15, 0.2) is 42.5 Å². The van der Waals surface area contributed by atoms with Gasteiger partial charge in [0.25, 0.3) is 0 Å². The van der Waals surface area contributed by atoms with E-state index in [9.17, 15) is 18.8 Å². The zero-order valence-electron chi connectivity index (χ0n) is 19.6. The monoisotopic (exact) mass is 482 g/mol. The average Bonchev–Trinajstić information content (AvgIpc) is 3.33. The number of imide groups is 1. The quantitative estimate of drug-likeness (QED) is 0.499. The maximum Gasteiger partial charge on any atom is 0.327 e. The van der Waals surface area contributed by atoms with Gasteiger partial charge in [0.05, 0.1) is 24.1 Å². The van der Waals surface area contributed by atoms with Gasteiger partial charge in [0, 0.05) is 17.7 Å². The molecule has 9 heteroatoms. The number of amides is 2. The minimum atomic E-state index is -1.46. The van der Waals surface area contributed by atoms with Crippen LogP contribution < -0.4 is 19.7 Å². The van der Waals surface area contributed by atoms with Crippen molar-refractivity contribution in [2.45, 2.75) is 38.3 Å². The van der Waals surface area contributed by atoms with Crippen molar-refractivity contribution in [3.8, 4) is 11.5 Å². The fourth-order valence-electron chi connectivity index (χ4n) is 5.60. The summed E-state index contributed by atoms with van der Waals surface area (Å²) in [7, 11) is 0. The normalized spacial score (nSPS) is 27.2. The van der Waals surface area contributed by atoms with Crippen molar-refractivity contribution in [2.75, 3.05) is 24.7 Å². The summed E-state index contributed by atoms with van der Waals surface area (Å²) in [5, 5.41) is 3.20. The molecule has 3 aliphatic rings. The molecule has 5 rings (SSSR count). The molecule has 2 amide bonds. The van der Waals surface area contributed by atoms with Crippen molar-refractivity contribution in [2.24, 2.45) is 11.8 Å². The zero-order valence-corrected chi connectivity index (χ0v) is 19.6. The molecule has 4 atom stereocenters. The Morgan fingerprint density at radius 3 is 2.57 bits per heavy atom. The largest absolute Gasteiger partial charge is 0.486 e. The Morgan fingerprint density at radius 2 is 1.86 bits per heavy atom. The number of hydrogen-bond donors (Lipinski definition) is 1. The third kappa shape index (κ3) is 3.56. The molecular weight excluding hydrogens is 455 g/mol. The highest BCUT2D eigenvalue weighted by atomic mass is 19.1. The molecule has 184 valence electrons. The lowest BCUT2D eigenvalue weighted by Crippen LogP contribution is -2.56. The van der Waals surface area contributed by atoms with Gasteiger partial charge in [-0.2, -0.15) is 0 Å². The first kappa shape index (κ1) is 23.3. The third-order valence-corrected chi connectivity index (χ3v) is 6.96. The van der Waals surface area contributed by atoms with E-state index in [4.69, 9.17) is 14.2 Å². The number of esters is 1. The van der Waals surface area contributed by atoms with E-state index in [1.165, 1.54) is 6.07 Å². The van der Waals surface area contributed by atoms with Crippen LogP contribution >= 0.6 is 0 Å². The maximum absolute atomic E-state index is 14.9. The highest BCUT2D eigenvalue weighted by molar-refractivity contribution is 6.24. The number of ether oxygens (including phenoxy) is 3. The molecule has 2 aromatic rings. The lowest BCUT2D eigenvalue weighted by Gasteiger charge is -2.32. The molecule has 8 nitrogen and oxygen atoms in total. The molecule has 0 radical (unpaired) electrons. The minimum Gasteiger partial charge on any atom is -0.486 e. The van der Waals surface area contributed by atoms with Crippen LogP contribution in [0.1, 0.15) is 38.3 Å². The van der Waals surface area contributed by atoms with Gasteiger partial charge in [0.2, 0.25) is 11.8 Å². The van der Waals surface area contributed by atoms with Crippen LogP contribution in [-0.2, 0) is 19.1 Å². The van der Waals surface area contributed by atoms with Gasteiger partial charge in [-0.15, -0.1) is 0 Å². The summed E-state index contributed by atoms with van der Waals surface area (Å²) in [6.07, 6.45) is 0.802. The van der Waals surface area contributed by atoms with Crippen molar-refractivity contribution >= 4 is 23.5 Å². The van der Waals surface area contributed by atoms with Crippen molar-refractivity contribution in [1.82, 2.24) is 5.32 Å². The molecule has 2 aromatic carbocycles. The molecule has 0 unspecified atom stereocenters. The lowest BCUT2D eigenvalue weighted by atomic mass is 9.77. The molecule has 2 saturated heterocycles. The highest BCUT2D eigenvalue weighted by Gasteiger charge is 2.68. The molecule has 1 N–H and O–H groups in total. The molecule has 35 heavy (non-hydrogen) atoms. The number of halogens is 1. The second-order valence-corrected chi connectivity index (χ2v) is 8.93. The van der Waals surface area contributed by atoms with Gasteiger partial charge in [0.1, 0.15) is 24.6 Å². The number of hydrogen-bond acceptors (Lipinski definition) is 7. The Labute approximate surface area is 202 Å². The van der Waals surface area contributed by atoms with E-state index in [1.54, 1.807) is 43.3 Å². The lowest BCUT2D eigenvalue weighted by molar-refractivity contribution is -0.155. The highest BCUT2D eigenvalue weighted by Crippen LogP contribution is 2.52. The van der Waals surface area contributed by atoms with E-state index < -0.39 is 47.0 Å². The van der Waals surface area contributed by atoms with Crippen molar-refractivity contribution in [3.05, 3.63) is 53.8 Å². The first-order valence-electron chi connectivity index (χ1n) is 11.9. The van der Waals surface area contributed by atoms with Crippen LogP contribution in [0.4, 0.5) is 10.1 Å². The number of carbonyl (C=O) groups excluding carboxylic acids is 3. The number of nitrogens with one attached hydrogen (secondary N) is 1. The van der Waals surface area contributed by atoms with Gasteiger partial charge < -0.3 is 14.2 Å². The summed E-state index contributed by atoms with van der Waals surface area (Å²) in [6, 6.07) is 10.1. The zero-order chi connectivity index (χ0) is 24.7. The van der Waals surface area contributed by atoms with E-state index >= 15 is 0 Å². The molecule has 0 spiro atoms. The molecule has 0 aliphatic carbocycles. The summed E-state index contributed by atoms with van der Waals surface area (Å²) >= 11 is 0. The summed E-state index contributed by atoms with van der Waals surface area (Å²) < 4.78 is 31.5. The second-order valence-electron chi connectivity index (χ2n) is 8.93. The van der Waals surface area contributed by atoms with Gasteiger partial charge in [-0.3, -0.25) is 19.7 Å². The predicted molar refractivity (Wildman–Crippen MR) is 123 cm³/mol. The Kier molecular flexibility index (Phi) is 5.96. The number of benzene rings is 2. The average molecular weight is 483 g/mol. The Hall–Kier alpha value is -3.46. The van der Waals surface area contributed by atoms with Crippen molar-refractivity contribution < 1.29 is 33.0 Å². The van der Waals surface area contributed by atoms with Crippen LogP contribution in [0.25, 0.3) is 0 Å². The van der Waals surface area contributed by atoms with E-state index in [0.29, 0.717) is 36.8 Å². The third-order valence-electron chi connectivity index (χ3n) is 6.96. The first-order chi connectivity index (χ1) is 16.9. The smallest absolute Gasteiger partial charge is 0.327 e. The SMILES string of the molecule is CCC[C@]1(C(=O)OCC)N[C@H](c2ccccc2F)[C@@H]2C(=O)N(c3ccc4c(c3)OCCO4)C(=O)[C@H]21. The van der Waals surface area contributed by atoms with Gasteiger partial charge in [-0.05, 0) is 31.5 Å². The standard InChI is InChI=1S/C26H27FN2O6/c1-3-11-26(25(32)33-4-2)21-20(22(28-26)16-7-5-6-8-17(16)27)23(30)29(24(21)31)15-9-10-18-19(14-15)35-13-12-34-18/h5-10,14,20-22,28H,3-4,11-13H2,1-2H3/t20-,21+,22-,26+/m1/s1. The molecule has 2 fully saturated rings. The maximum atomic E-state index is 14.9. The number of nitrogens with zero attached hydrogens (tertiary/aromatic N) is 1. The van der Waals surface area contributed by atoms with E-state index in [0.717, 1.165) is 4.90 Å². The number of rotatable bonds is 6. The van der Waals surface area contributed by atoms with Gasteiger partial charge in [-0.25, -0.2) is 9.29 Å². The molecule has 3 heterocycles. The van der Waals surface area contributed by atoms with Gasteiger partial charge >= 0.3 is 5.97 Å². The van der Waals surface area contributed by atoms with Crippen molar-refractivity contribution in [3.63, 3.8) is 0 Å². The summed E-state index contributed by atoms with van der Waals surface area (Å²) in [5.74, 6) is -3.23. The second kappa shape index (κ2) is 8.96. The van der Waals surface area contributed by atoms with Crippen LogP contribution in [0.5, 0.6) is 11.5 Å². The number of carbonyl (C=O) groups is 3. The Balaban J connectivity index is 1.63. The first-order valence-corrected chi connectivity index (χ1v) is 11.9. The van der Waals surface area contributed by atoms with Crippen LogP contribution in [-0.4, -0.2) is 43.1 Å². The predicted octanol–water partition coefficient (Wildman–Crippen LogP) is 3.15. The van der Waals surface area contributed by atoms with Gasteiger partial charge in [0.15, 0.2) is 11.5 Å². The van der Waals surface area contributed by atoms with E-state index in [2.05, 4.69) is 5.32 Å². The summed E-state index contributed by atoms with van der Waals surface area (Å²) in [6.45, 7) is 4.44. The fourth-order valence-corrected chi connectivity index (χ4v) is 5.60. The molecule has 3 aliphatic heterocycles. The van der Waals surface area contributed by atoms with Crippen LogP contribution in [0.2, 0.25) is 0 Å². The van der Waals surface area contributed by atoms with Crippen LogP contribution in [0.3, 0.4) is 0 Å². The molecule has 0 bridgehead atoms. The van der Waals surface area contributed by atoms with E-state index in [1.807, 2.05) is 6.92 Å². The fraction of sp³-hybridized carbons (Fsp3) is 0.423. The number of fused-ring (bicyclic) bond motifs is 2. The molecular formula is C26H27FN2O6. The Morgan fingerprint density at radius 1 is 1.11 bits per heavy atom. The van der Waals surface area contributed by atoms with E-state index in [-0.39, 0.29) is 18.6 Å². The summed E-state index contributed by atoms with van der Waals surface area (Å²) in [5.41, 5.74) is -0.910. The molecule has 0 aromatic heterocycles. The Bertz CT molecular complexity index is 1190. The van der Waals surface area contributed by atoms with Crippen molar-refractivity contribution in [1.29, 1.82) is 0 Å². The topological polar surface area (TPSA) is 94.2 Å². The van der Waals surface area contributed by atoms with Crippen LogP contribution in [0, 0.1) is 17.7 Å². The number of anilines is 1. The molecule has 0 saturated carbocycles.